The van der Waals surface area contributed by atoms with Gasteiger partial charge in [0.25, 0.3) is 0 Å². The van der Waals surface area contributed by atoms with Gasteiger partial charge < -0.3 is 14.6 Å². The maximum Gasteiger partial charge on any atom is 0.118 e. The van der Waals surface area contributed by atoms with Crippen molar-refractivity contribution in [3.8, 4) is 0 Å². The Morgan fingerprint density at radius 3 is 2.55 bits per heavy atom. The van der Waals surface area contributed by atoms with Crippen molar-refractivity contribution in [3.05, 3.63) is 23.7 Å². The Bertz CT molecular complexity index is 383. The minimum atomic E-state index is 0.877. The number of nitrogens with one attached hydrogen (secondary N) is 1. The predicted octanol–water partition coefficient (Wildman–Crippen LogP) is 0.678. The lowest BCUT2D eigenvalue weighted by Gasteiger charge is -2.34. The summed E-state index contributed by atoms with van der Waals surface area (Å²) in [6.45, 7) is 8.73. The third-order valence-electron chi connectivity index (χ3n) is 3.80. The SMILES string of the molecule is CNCc1coc(CN2CCN(CCN(C)C)CC2)c1. The second kappa shape index (κ2) is 7.78. The van der Waals surface area contributed by atoms with Gasteiger partial charge in [-0.3, -0.25) is 9.80 Å². The second-order valence-electron chi connectivity index (χ2n) is 5.87. The summed E-state index contributed by atoms with van der Waals surface area (Å²) in [6, 6.07) is 2.16. The van der Waals surface area contributed by atoms with Crippen molar-refractivity contribution >= 4 is 0 Å². The Morgan fingerprint density at radius 1 is 1.20 bits per heavy atom. The molecule has 1 fully saturated rings. The number of piperazine rings is 1. The maximum atomic E-state index is 5.62. The van der Waals surface area contributed by atoms with E-state index in [4.69, 9.17) is 4.42 Å². The van der Waals surface area contributed by atoms with Crippen LogP contribution in [0.15, 0.2) is 16.7 Å². The van der Waals surface area contributed by atoms with Crippen molar-refractivity contribution in [2.45, 2.75) is 13.1 Å². The van der Waals surface area contributed by atoms with Crippen molar-refractivity contribution < 1.29 is 4.42 Å². The van der Waals surface area contributed by atoms with Gasteiger partial charge in [-0.1, -0.05) is 0 Å². The quantitative estimate of drug-likeness (QED) is 0.794. The summed E-state index contributed by atoms with van der Waals surface area (Å²) in [5.74, 6) is 1.08. The summed E-state index contributed by atoms with van der Waals surface area (Å²) in [5.41, 5.74) is 1.23. The van der Waals surface area contributed by atoms with Crippen LogP contribution in [-0.2, 0) is 13.1 Å². The van der Waals surface area contributed by atoms with E-state index >= 15 is 0 Å². The molecule has 1 N–H and O–H groups in total. The average Bonchev–Trinajstić information content (AvgIpc) is 2.86. The van der Waals surface area contributed by atoms with Crippen molar-refractivity contribution in [2.24, 2.45) is 0 Å². The summed E-state index contributed by atoms with van der Waals surface area (Å²) in [6.07, 6.45) is 1.86. The first-order chi connectivity index (χ1) is 9.67. The highest BCUT2D eigenvalue weighted by molar-refractivity contribution is 5.12. The number of rotatable bonds is 7. The van der Waals surface area contributed by atoms with Gasteiger partial charge in [-0.15, -0.1) is 0 Å². The molecule has 1 aliphatic heterocycles. The molecule has 5 nitrogen and oxygen atoms in total. The summed E-state index contributed by atoms with van der Waals surface area (Å²) >= 11 is 0. The fourth-order valence-corrected chi connectivity index (χ4v) is 2.54. The van der Waals surface area contributed by atoms with Gasteiger partial charge in [-0.2, -0.15) is 0 Å². The van der Waals surface area contributed by atoms with Crippen molar-refractivity contribution in [2.75, 3.05) is 60.4 Å². The standard InChI is InChI=1S/C15H28N4O/c1-16-11-14-10-15(20-13-14)12-19-8-6-18(7-9-19)5-4-17(2)3/h10,13,16H,4-9,11-12H2,1-3H3. The summed E-state index contributed by atoms with van der Waals surface area (Å²) in [4.78, 5) is 7.28. The van der Waals surface area contributed by atoms with Crippen LogP contribution in [0.3, 0.4) is 0 Å². The summed E-state index contributed by atoms with van der Waals surface area (Å²) in [7, 11) is 6.23. The van der Waals surface area contributed by atoms with E-state index in [0.717, 1.165) is 51.6 Å². The molecule has 1 saturated heterocycles. The Hall–Kier alpha value is -0.880. The first-order valence-electron chi connectivity index (χ1n) is 7.47. The van der Waals surface area contributed by atoms with Crippen LogP contribution in [0.2, 0.25) is 0 Å². The van der Waals surface area contributed by atoms with Crippen molar-refractivity contribution in [1.82, 2.24) is 20.0 Å². The Labute approximate surface area is 122 Å². The Kier molecular flexibility index (Phi) is 6.04. The van der Waals surface area contributed by atoms with E-state index in [1.807, 2.05) is 13.3 Å². The molecule has 0 spiro atoms. The lowest BCUT2D eigenvalue weighted by atomic mass is 10.2. The van der Waals surface area contributed by atoms with E-state index in [-0.39, 0.29) is 0 Å². The van der Waals surface area contributed by atoms with Crippen molar-refractivity contribution in [3.63, 3.8) is 0 Å². The van der Waals surface area contributed by atoms with Crippen LogP contribution >= 0.6 is 0 Å². The van der Waals surface area contributed by atoms with Gasteiger partial charge in [0.1, 0.15) is 5.76 Å². The Morgan fingerprint density at radius 2 is 1.90 bits per heavy atom. The number of hydrogen-bond acceptors (Lipinski definition) is 5. The van der Waals surface area contributed by atoms with Gasteiger partial charge in [0, 0.05) is 51.4 Å². The van der Waals surface area contributed by atoms with Crippen LogP contribution in [0, 0.1) is 0 Å². The van der Waals surface area contributed by atoms with Gasteiger partial charge in [-0.25, -0.2) is 0 Å². The zero-order chi connectivity index (χ0) is 14.4. The third-order valence-corrected chi connectivity index (χ3v) is 3.80. The zero-order valence-corrected chi connectivity index (χ0v) is 13.1. The molecule has 2 heterocycles. The highest BCUT2D eigenvalue weighted by atomic mass is 16.3. The Balaban J connectivity index is 1.70. The van der Waals surface area contributed by atoms with Gasteiger partial charge in [-0.05, 0) is 27.2 Å². The van der Waals surface area contributed by atoms with Crippen LogP contribution < -0.4 is 5.32 Å². The average molecular weight is 280 g/mol. The van der Waals surface area contributed by atoms with E-state index in [1.165, 1.54) is 12.1 Å². The molecule has 2 rings (SSSR count). The van der Waals surface area contributed by atoms with E-state index in [2.05, 4.69) is 40.2 Å². The van der Waals surface area contributed by atoms with Crippen LogP contribution in [0.5, 0.6) is 0 Å². The molecule has 1 aromatic rings. The van der Waals surface area contributed by atoms with E-state index in [9.17, 15) is 0 Å². The molecule has 0 aliphatic carbocycles. The van der Waals surface area contributed by atoms with Gasteiger partial charge >= 0.3 is 0 Å². The minimum absolute atomic E-state index is 0.877. The molecule has 0 atom stereocenters. The minimum Gasteiger partial charge on any atom is -0.468 e. The number of likely N-dealkylation sites (N-methyl/N-ethyl adjacent to an activating group) is 1. The summed E-state index contributed by atoms with van der Waals surface area (Å²) in [5, 5.41) is 3.15. The fraction of sp³-hybridized carbons (Fsp3) is 0.733. The highest BCUT2D eigenvalue weighted by Crippen LogP contribution is 2.12. The van der Waals surface area contributed by atoms with Crippen LogP contribution in [0.4, 0.5) is 0 Å². The monoisotopic (exact) mass is 280 g/mol. The van der Waals surface area contributed by atoms with E-state index < -0.39 is 0 Å². The molecule has 0 saturated carbocycles. The number of furan rings is 1. The molecular weight excluding hydrogens is 252 g/mol. The van der Waals surface area contributed by atoms with E-state index in [0.29, 0.717) is 0 Å². The lowest BCUT2D eigenvalue weighted by molar-refractivity contribution is 0.115. The second-order valence-corrected chi connectivity index (χ2v) is 5.87. The summed E-state index contributed by atoms with van der Waals surface area (Å²) < 4.78 is 5.62. The highest BCUT2D eigenvalue weighted by Gasteiger charge is 2.17. The number of hydrogen-bond donors (Lipinski definition) is 1. The molecule has 0 amide bonds. The third kappa shape index (κ3) is 4.90. The van der Waals surface area contributed by atoms with Crippen LogP contribution in [0.25, 0.3) is 0 Å². The van der Waals surface area contributed by atoms with E-state index in [1.54, 1.807) is 0 Å². The predicted molar refractivity (Wildman–Crippen MR) is 81.7 cm³/mol. The zero-order valence-electron chi connectivity index (χ0n) is 13.1. The molecule has 1 aliphatic rings. The molecule has 5 heteroatoms. The first-order valence-corrected chi connectivity index (χ1v) is 7.47. The molecule has 0 unspecified atom stereocenters. The number of nitrogens with zero attached hydrogens (tertiary/aromatic N) is 3. The molecule has 0 bridgehead atoms. The van der Waals surface area contributed by atoms with Crippen molar-refractivity contribution in [1.29, 1.82) is 0 Å². The largest absolute Gasteiger partial charge is 0.468 e. The smallest absolute Gasteiger partial charge is 0.118 e. The van der Waals surface area contributed by atoms with Crippen LogP contribution in [0.1, 0.15) is 11.3 Å². The molecular formula is C15H28N4O. The van der Waals surface area contributed by atoms with Gasteiger partial charge in [0.2, 0.25) is 0 Å². The fourth-order valence-electron chi connectivity index (χ4n) is 2.54. The maximum absolute atomic E-state index is 5.62. The molecule has 0 radical (unpaired) electrons. The van der Waals surface area contributed by atoms with Crippen LogP contribution in [-0.4, -0.2) is 75.1 Å². The molecule has 1 aromatic heterocycles. The molecule has 114 valence electrons. The van der Waals surface area contributed by atoms with Gasteiger partial charge in [0.05, 0.1) is 12.8 Å². The normalized spacial score (nSPS) is 18.0. The molecule has 0 aromatic carbocycles. The topological polar surface area (TPSA) is 34.9 Å². The molecule has 20 heavy (non-hydrogen) atoms. The first kappa shape index (κ1) is 15.5. The van der Waals surface area contributed by atoms with Gasteiger partial charge in [0.15, 0.2) is 0 Å². The lowest BCUT2D eigenvalue weighted by Crippen LogP contribution is -2.47.